The molecule has 1 heterocycles. The molecule has 2 N–H and O–H groups in total. The second-order valence-corrected chi connectivity index (χ2v) is 8.61. The number of aliphatic imine (C=N–C) groups is 1. The number of nitrogens with zero attached hydrogens (tertiary/aromatic N) is 2. The van der Waals surface area contributed by atoms with Crippen LogP contribution < -0.4 is 10.0 Å². The highest BCUT2D eigenvalue weighted by molar-refractivity contribution is 14.0. The minimum Gasteiger partial charge on any atom is -0.367 e. The van der Waals surface area contributed by atoms with Crippen molar-refractivity contribution in [1.29, 1.82) is 0 Å². The zero-order valence-electron chi connectivity index (χ0n) is 16.5. The first-order chi connectivity index (χ1) is 12.8. The highest BCUT2D eigenvalue weighted by atomic mass is 127. The van der Waals surface area contributed by atoms with Crippen LogP contribution >= 0.6 is 24.0 Å². The SMILES string of the molecule is CCS(=O)(=O)NCCCNC(=NC)N1CC(C)OC(c2ccc(F)cc2)C1.I. The first-order valence-corrected chi connectivity index (χ1v) is 10.8. The second-order valence-electron chi connectivity index (χ2n) is 6.52. The number of sulfonamides is 1. The van der Waals surface area contributed by atoms with Crippen LogP contribution in [0.4, 0.5) is 4.39 Å². The molecule has 0 aliphatic carbocycles. The molecule has 2 atom stereocenters. The Morgan fingerprint density at radius 2 is 1.96 bits per heavy atom. The van der Waals surface area contributed by atoms with Gasteiger partial charge in [-0.3, -0.25) is 4.99 Å². The monoisotopic (exact) mass is 528 g/mol. The average Bonchev–Trinajstić information content (AvgIpc) is 2.64. The number of hydrogen-bond donors (Lipinski definition) is 2. The Labute approximate surface area is 184 Å². The van der Waals surface area contributed by atoms with Crippen molar-refractivity contribution in [2.24, 2.45) is 4.99 Å². The van der Waals surface area contributed by atoms with E-state index in [0.29, 0.717) is 32.6 Å². The van der Waals surface area contributed by atoms with E-state index in [0.717, 1.165) is 11.5 Å². The molecule has 0 aromatic heterocycles. The van der Waals surface area contributed by atoms with Crippen LogP contribution in [0.2, 0.25) is 0 Å². The third-order valence-corrected chi connectivity index (χ3v) is 5.76. The highest BCUT2D eigenvalue weighted by Gasteiger charge is 2.28. The number of morpholine rings is 1. The van der Waals surface area contributed by atoms with E-state index < -0.39 is 10.0 Å². The van der Waals surface area contributed by atoms with Crippen LogP contribution in [0.15, 0.2) is 29.3 Å². The van der Waals surface area contributed by atoms with Gasteiger partial charge in [-0.15, -0.1) is 24.0 Å². The molecule has 1 aliphatic rings. The molecule has 0 radical (unpaired) electrons. The molecule has 10 heteroatoms. The zero-order valence-corrected chi connectivity index (χ0v) is 19.7. The van der Waals surface area contributed by atoms with Crippen LogP contribution in [0.25, 0.3) is 0 Å². The van der Waals surface area contributed by atoms with Gasteiger partial charge in [0.25, 0.3) is 0 Å². The molecule has 7 nitrogen and oxygen atoms in total. The summed E-state index contributed by atoms with van der Waals surface area (Å²) >= 11 is 0. The molecule has 1 aromatic carbocycles. The lowest BCUT2D eigenvalue weighted by molar-refractivity contribution is -0.0605. The van der Waals surface area contributed by atoms with Gasteiger partial charge in [0.05, 0.1) is 18.4 Å². The molecule has 0 bridgehead atoms. The molecular weight excluding hydrogens is 498 g/mol. The molecule has 0 saturated carbocycles. The predicted octanol–water partition coefficient (Wildman–Crippen LogP) is 2.11. The van der Waals surface area contributed by atoms with E-state index >= 15 is 0 Å². The van der Waals surface area contributed by atoms with E-state index in [-0.39, 0.29) is 47.8 Å². The predicted molar refractivity (Wildman–Crippen MR) is 120 cm³/mol. The summed E-state index contributed by atoms with van der Waals surface area (Å²) in [7, 11) is -1.44. The lowest BCUT2D eigenvalue weighted by Crippen LogP contribution is -2.51. The van der Waals surface area contributed by atoms with Crippen molar-refractivity contribution < 1.29 is 17.5 Å². The summed E-state index contributed by atoms with van der Waals surface area (Å²) in [6.07, 6.45) is 0.493. The van der Waals surface area contributed by atoms with Crippen molar-refractivity contribution in [1.82, 2.24) is 14.9 Å². The molecule has 160 valence electrons. The van der Waals surface area contributed by atoms with Crippen LogP contribution in [0.5, 0.6) is 0 Å². The summed E-state index contributed by atoms with van der Waals surface area (Å²) in [5, 5.41) is 3.27. The van der Waals surface area contributed by atoms with Crippen LogP contribution in [0.3, 0.4) is 0 Å². The number of benzene rings is 1. The van der Waals surface area contributed by atoms with Gasteiger partial charge in [0.2, 0.25) is 10.0 Å². The highest BCUT2D eigenvalue weighted by Crippen LogP contribution is 2.25. The first-order valence-electron chi connectivity index (χ1n) is 9.18. The van der Waals surface area contributed by atoms with Gasteiger partial charge in [-0.05, 0) is 38.0 Å². The zero-order chi connectivity index (χ0) is 19.9. The maximum Gasteiger partial charge on any atom is 0.211 e. The van der Waals surface area contributed by atoms with Gasteiger partial charge in [0.15, 0.2) is 5.96 Å². The summed E-state index contributed by atoms with van der Waals surface area (Å²) in [4.78, 5) is 6.44. The molecule has 28 heavy (non-hydrogen) atoms. The van der Waals surface area contributed by atoms with Crippen molar-refractivity contribution in [2.45, 2.75) is 32.5 Å². The van der Waals surface area contributed by atoms with E-state index in [4.69, 9.17) is 4.74 Å². The van der Waals surface area contributed by atoms with Gasteiger partial charge in [-0.1, -0.05) is 12.1 Å². The van der Waals surface area contributed by atoms with Crippen molar-refractivity contribution in [3.8, 4) is 0 Å². The number of ether oxygens (including phenoxy) is 1. The molecule has 1 saturated heterocycles. The fraction of sp³-hybridized carbons (Fsp3) is 0.611. The fourth-order valence-electron chi connectivity index (χ4n) is 2.94. The third-order valence-electron chi connectivity index (χ3n) is 4.35. The van der Waals surface area contributed by atoms with E-state index in [9.17, 15) is 12.8 Å². The number of halogens is 2. The summed E-state index contributed by atoms with van der Waals surface area (Å²) in [5.41, 5.74) is 0.928. The minimum absolute atomic E-state index is 0. The molecule has 1 aromatic rings. The topological polar surface area (TPSA) is 83.0 Å². The van der Waals surface area contributed by atoms with Crippen LogP contribution in [-0.2, 0) is 14.8 Å². The smallest absolute Gasteiger partial charge is 0.211 e. The van der Waals surface area contributed by atoms with E-state index in [2.05, 4.69) is 19.9 Å². The van der Waals surface area contributed by atoms with Gasteiger partial charge >= 0.3 is 0 Å². The third kappa shape index (κ3) is 7.80. The van der Waals surface area contributed by atoms with Crippen molar-refractivity contribution in [2.75, 3.05) is 39.0 Å². The molecular formula is C18H30FIN4O3S. The number of guanidine groups is 1. The van der Waals surface area contributed by atoms with Gasteiger partial charge in [0, 0.05) is 26.7 Å². The van der Waals surface area contributed by atoms with Crippen molar-refractivity contribution in [3.63, 3.8) is 0 Å². The van der Waals surface area contributed by atoms with Gasteiger partial charge in [-0.2, -0.15) is 0 Å². The summed E-state index contributed by atoms with van der Waals surface area (Å²) < 4.78 is 44.6. The Hall–Kier alpha value is -0.980. The fourth-order valence-corrected chi connectivity index (χ4v) is 3.60. The first kappa shape index (κ1) is 25.1. The lowest BCUT2D eigenvalue weighted by Gasteiger charge is -2.38. The van der Waals surface area contributed by atoms with Crippen molar-refractivity contribution >= 4 is 40.0 Å². The van der Waals surface area contributed by atoms with Gasteiger partial charge in [0.1, 0.15) is 11.9 Å². The Kier molecular flexibility index (Phi) is 10.6. The standard InChI is InChI=1S/C18H29FN4O3S.HI/c1-4-27(24,25)22-11-5-10-21-18(20-3)23-12-14(2)26-17(13-23)15-6-8-16(19)9-7-15;/h6-9,14,17,22H,4-5,10-13H2,1-3H3,(H,20,21);1H. The quantitative estimate of drug-likeness (QED) is 0.245. The normalized spacial score (nSPS) is 20.6. The van der Waals surface area contributed by atoms with E-state index in [1.807, 2.05) is 6.92 Å². The van der Waals surface area contributed by atoms with Crippen LogP contribution in [0.1, 0.15) is 31.9 Å². The second kappa shape index (κ2) is 11.9. The largest absolute Gasteiger partial charge is 0.367 e. The number of hydrogen-bond acceptors (Lipinski definition) is 4. The Morgan fingerprint density at radius 1 is 1.29 bits per heavy atom. The summed E-state index contributed by atoms with van der Waals surface area (Å²) in [5.74, 6) is 0.560. The minimum atomic E-state index is -3.16. The summed E-state index contributed by atoms with van der Waals surface area (Å²) in [6, 6.07) is 6.36. The van der Waals surface area contributed by atoms with Gasteiger partial charge < -0.3 is 15.0 Å². The molecule has 0 amide bonds. The van der Waals surface area contributed by atoms with E-state index in [1.54, 1.807) is 26.1 Å². The molecule has 1 fully saturated rings. The molecule has 2 unspecified atom stereocenters. The maximum absolute atomic E-state index is 13.2. The average molecular weight is 528 g/mol. The molecule has 1 aliphatic heterocycles. The van der Waals surface area contributed by atoms with Gasteiger partial charge in [-0.25, -0.2) is 17.5 Å². The Morgan fingerprint density at radius 3 is 2.57 bits per heavy atom. The Bertz CT molecular complexity index is 731. The Balaban J connectivity index is 0.00000392. The number of nitrogens with one attached hydrogen (secondary N) is 2. The van der Waals surface area contributed by atoms with Crippen LogP contribution in [-0.4, -0.2) is 64.4 Å². The molecule has 0 spiro atoms. The number of rotatable bonds is 7. The maximum atomic E-state index is 13.2. The lowest BCUT2D eigenvalue weighted by atomic mass is 10.1. The summed E-state index contributed by atoms with van der Waals surface area (Å²) in [6.45, 7) is 5.90. The van der Waals surface area contributed by atoms with E-state index in [1.165, 1.54) is 12.1 Å². The molecule has 2 rings (SSSR count). The van der Waals surface area contributed by atoms with Crippen molar-refractivity contribution in [3.05, 3.63) is 35.6 Å². The van der Waals surface area contributed by atoms with Crippen LogP contribution in [0, 0.1) is 5.82 Å².